The van der Waals surface area contributed by atoms with Crippen molar-refractivity contribution in [1.29, 1.82) is 0 Å². The van der Waals surface area contributed by atoms with Crippen molar-refractivity contribution in [2.75, 3.05) is 4.90 Å². The molecular formula is C38H25N3O. The summed E-state index contributed by atoms with van der Waals surface area (Å²) in [6.07, 6.45) is 2.19. The lowest BCUT2D eigenvalue weighted by Gasteiger charge is -2.33. The summed E-state index contributed by atoms with van der Waals surface area (Å²) < 4.78 is 11.0. The minimum Gasteiger partial charge on any atom is -0.453 e. The maximum atomic E-state index is 6.27. The molecule has 4 heteroatoms. The van der Waals surface area contributed by atoms with Crippen molar-refractivity contribution in [2.24, 2.45) is 0 Å². The smallest absolute Gasteiger partial charge is 0.151 e. The summed E-state index contributed by atoms with van der Waals surface area (Å²) in [6, 6.07) is 51.3. The van der Waals surface area contributed by atoms with Gasteiger partial charge in [-0.3, -0.25) is 0 Å². The third kappa shape index (κ3) is 3.29. The molecule has 3 heterocycles. The minimum atomic E-state index is 0.849. The normalized spacial score (nSPS) is 12.4. The summed E-state index contributed by atoms with van der Waals surface area (Å²) in [6.45, 7) is 0. The van der Waals surface area contributed by atoms with Crippen molar-refractivity contribution in [3.63, 3.8) is 0 Å². The van der Waals surface area contributed by atoms with Crippen LogP contribution in [0.5, 0.6) is 11.5 Å². The van der Waals surface area contributed by atoms with Crippen LogP contribution in [0.2, 0.25) is 0 Å². The van der Waals surface area contributed by atoms with Gasteiger partial charge in [-0.2, -0.15) is 0 Å². The maximum absolute atomic E-state index is 6.27. The van der Waals surface area contributed by atoms with Gasteiger partial charge in [-0.1, -0.05) is 78.9 Å². The fraction of sp³-hybridized carbons (Fsp3) is 0. The van der Waals surface area contributed by atoms with E-state index in [1.165, 1.54) is 32.7 Å². The second-order valence-corrected chi connectivity index (χ2v) is 10.7. The van der Waals surface area contributed by atoms with Gasteiger partial charge >= 0.3 is 0 Å². The van der Waals surface area contributed by atoms with Crippen LogP contribution >= 0.6 is 0 Å². The van der Waals surface area contributed by atoms with E-state index in [2.05, 4.69) is 142 Å². The number of hydrogen-bond acceptors (Lipinski definition) is 2. The molecule has 0 spiro atoms. The molecule has 0 fully saturated rings. The van der Waals surface area contributed by atoms with Crippen LogP contribution in [0.1, 0.15) is 0 Å². The zero-order chi connectivity index (χ0) is 27.6. The van der Waals surface area contributed by atoms with Crippen LogP contribution in [0, 0.1) is 0 Å². The van der Waals surface area contributed by atoms with Gasteiger partial charge in [0.1, 0.15) is 0 Å². The second-order valence-electron chi connectivity index (χ2n) is 10.7. The lowest BCUT2D eigenvalue weighted by Crippen LogP contribution is -2.15. The first-order valence-electron chi connectivity index (χ1n) is 14.2. The van der Waals surface area contributed by atoms with Crippen molar-refractivity contribution < 1.29 is 4.74 Å². The first-order chi connectivity index (χ1) is 20.8. The Bertz CT molecular complexity index is 2250. The van der Waals surface area contributed by atoms with Gasteiger partial charge in [-0.25, -0.2) is 0 Å². The third-order valence-corrected chi connectivity index (χ3v) is 8.30. The Hall–Kier alpha value is -5.74. The molecule has 0 bridgehead atoms. The van der Waals surface area contributed by atoms with Crippen LogP contribution in [-0.4, -0.2) is 9.13 Å². The molecule has 42 heavy (non-hydrogen) atoms. The number of para-hydroxylation sites is 6. The highest BCUT2D eigenvalue weighted by Crippen LogP contribution is 2.50. The Balaban J connectivity index is 1.31. The number of benzene rings is 6. The van der Waals surface area contributed by atoms with E-state index in [9.17, 15) is 0 Å². The Morgan fingerprint density at radius 3 is 1.93 bits per heavy atom. The molecule has 0 unspecified atom stereocenters. The standard InChI is InChI=1S/C38H25N3O/c1-2-11-27(12-3-1)41-32-16-5-4-15-30(32)31-22-21-26-23-24-39(37(26)38(31)41)28-13-10-14-29(25-28)40-33-17-6-8-19-35(33)42-36-20-9-7-18-34(36)40/h1-25H. The number of fused-ring (bicyclic) bond motifs is 7. The molecule has 4 nitrogen and oxygen atoms in total. The molecule has 198 valence electrons. The molecule has 2 aromatic heterocycles. The summed E-state index contributed by atoms with van der Waals surface area (Å²) in [4.78, 5) is 2.29. The molecule has 0 saturated carbocycles. The van der Waals surface area contributed by atoms with Crippen LogP contribution in [0.15, 0.2) is 152 Å². The first-order valence-corrected chi connectivity index (χ1v) is 14.2. The highest BCUT2D eigenvalue weighted by molar-refractivity contribution is 6.18. The number of rotatable bonds is 3. The van der Waals surface area contributed by atoms with Gasteiger partial charge in [0.15, 0.2) is 11.5 Å². The Kier molecular flexibility index (Phi) is 4.87. The van der Waals surface area contributed by atoms with Crippen LogP contribution in [0.3, 0.4) is 0 Å². The fourth-order valence-corrected chi connectivity index (χ4v) is 6.50. The summed E-state index contributed by atoms with van der Waals surface area (Å²) >= 11 is 0. The van der Waals surface area contributed by atoms with E-state index in [1.807, 2.05) is 24.3 Å². The van der Waals surface area contributed by atoms with E-state index in [0.717, 1.165) is 39.9 Å². The Morgan fingerprint density at radius 1 is 0.452 bits per heavy atom. The number of aromatic nitrogens is 2. The van der Waals surface area contributed by atoms with E-state index in [1.54, 1.807) is 0 Å². The third-order valence-electron chi connectivity index (χ3n) is 8.30. The van der Waals surface area contributed by atoms with Gasteiger partial charge < -0.3 is 18.8 Å². The molecule has 0 saturated heterocycles. The first kappa shape index (κ1) is 23.0. The van der Waals surface area contributed by atoms with Gasteiger partial charge in [0.25, 0.3) is 0 Å². The highest BCUT2D eigenvalue weighted by Gasteiger charge is 2.25. The Labute approximate surface area is 242 Å². The lowest BCUT2D eigenvalue weighted by molar-refractivity contribution is 0.477. The number of ether oxygens (including phenoxy) is 1. The predicted molar refractivity (Wildman–Crippen MR) is 172 cm³/mol. The van der Waals surface area contributed by atoms with Crippen LogP contribution in [0.25, 0.3) is 44.1 Å². The molecular weight excluding hydrogens is 514 g/mol. The van der Waals surface area contributed by atoms with Gasteiger partial charge in [-0.15, -0.1) is 0 Å². The van der Waals surface area contributed by atoms with Crippen molar-refractivity contribution in [3.8, 4) is 22.9 Å². The van der Waals surface area contributed by atoms with Crippen molar-refractivity contribution in [3.05, 3.63) is 152 Å². The van der Waals surface area contributed by atoms with Gasteiger partial charge in [0, 0.05) is 39.4 Å². The molecule has 1 aliphatic rings. The number of hydrogen-bond donors (Lipinski definition) is 0. The molecule has 0 amide bonds. The molecule has 1 aliphatic heterocycles. The molecule has 8 aromatic rings. The van der Waals surface area contributed by atoms with E-state index < -0.39 is 0 Å². The molecule has 0 radical (unpaired) electrons. The predicted octanol–water partition coefficient (Wildman–Crippen LogP) is 10.3. The zero-order valence-corrected chi connectivity index (χ0v) is 22.7. The fourth-order valence-electron chi connectivity index (χ4n) is 6.50. The quantitative estimate of drug-likeness (QED) is 0.223. The number of anilines is 3. The van der Waals surface area contributed by atoms with Gasteiger partial charge in [-0.05, 0) is 66.7 Å². The second kappa shape index (κ2) is 8.88. The Morgan fingerprint density at radius 2 is 1.12 bits per heavy atom. The SMILES string of the molecule is c1ccc(-n2c3ccccc3c3ccc4ccn(-c5cccc(N6c7ccccc7Oc7ccccc76)c5)c4c32)cc1. The van der Waals surface area contributed by atoms with Gasteiger partial charge in [0.05, 0.1) is 27.9 Å². The summed E-state index contributed by atoms with van der Waals surface area (Å²) in [5, 5.41) is 3.70. The number of nitrogens with zero attached hydrogens (tertiary/aromatic N) is 3. The van der Waals surface area contributed by atoms with E-state index in [4.69, 9.17) is 4.74 Å². The lowest BCUT2D eigenvalue weighted by atomic mass is 10.1. The molecule has 9 rings (SSSR count). The average molecular weight is 540 g/mol. The van der Waals surface area contributed by atoms with Crippen molar-refractivity contribution in [1.82, 2.24) is 9.13 Å². The molecule has 0 atom stereocenters. The monoisotopic (exact) mass is 539 g/mol. The van der Waals surface area contributed by atoms with Crippen LogP contribution in [-0.2, 0) is 0 Å². The summed E-state index contributed by atoms with van der Waals surface area (Å²) in [7, 11) is 0. The topological polar surface area (TPSA) is 22.3 Å². The van der Waals surface area contributed by atoms with Crippen LogP contribution < -0.4 is 9.64 Å². The van der Waals surface area contributed by atoms with Crippen LogP contribution in [0.4, 0.5) is 17.1 Å². The van der Waals surface area contributed by atoms with E-state index in [0.29, 0.717) is 0 Å². The molecule has 0 N–H and O–H groups in total. The largest absolute Gasteiger partial charge is 0.453 e. The molecule has 6 aromatic carbocycles. The van der Waals surface area contributed by atoms with E-state index >= 15 is 0 Å². The zero-order valence-electron chi connectivity index (χ0n) is 22.7. The van der Waals surface area contributed by atoms with Crippen molar-refractivity contribution >= 4 is 49.8 Å². The maximum Gasteiger partial charge on any atom is 0.151 e. The summed E-state index contributed by atoms with van der Waals surface area (Å²) in [5.41, 5.74) is 8.97. The van der Waals surface area contributed by atoms with E-state index in [-0.39, 0.29) is 0 Å². The van der Waals surface area contributed by atoms with Crippen molar-refractivity contribution in [2.45, 2.75) is 0 Å². The summed E-state index contributed by atoms with van der Waals surface area (Å²) in [5.74, 6) is 1.70. The highest BCUT2D eigenvalue weighted by atomic mass is 16.5. The molecule has 0 aliphatic carbocycles. The van der Waals surface area contributed by atoms with Gasteiger partial charge in [0.2, 0.25) is 0 Å². The minimum absolute atomic E-state index is 0.849. The average Bonchev–Trinajstić information content (AvgIpc) is 3.63.